The van der Waals surface area contributed by atoms with Crippen LogP contribution in [0.5, 0.6) is 0 Å². The van der Waals surface area contributed by atoms with Gasteiger partial charge in [-0.05, 0) is 59.6 Å². The summed E-state index contributed by atoms with van der Waals surface area (Å²) in [6.07, 6.45) is 0. The molecule has 0 spiro atoms. The van der Waals surface area contributed by atoms with Gasteiger partial charge < -0.3 is 4.90 Å². The number of benzene rings is 2. The Morgan fingerprint density at radius 1 is 1.19 bits per heavy atom. The van der Waals surface area contributed by atoms with Crippen molar-refractivity contribution in [2.75, 3.05) is 7.05 Å². The van der Waals surface area contributed by atoms with Crippen molar-refractivity contribution in [3.8, 4) is 0 Å². The lowest BCUT2D eigenvalue weighted by molar-refractivity contribution is 0.0741. The molecule has 1 unspecified atom stereocenters. The van der Waals surface area contributed by atoms with Gasteiger partial charge in [0.25, 0.3) is 5.91 Å². The molecule has 2 aromatic carbocycles. The summed E-state index contributed by atoms with van der Waals surface area (Å²) in [6, 6.07) is 11.8. The molecule has 1 atom stereocenters. The summed E-state index contributed by atoms with van der Waals surface area (Å²) in [7, 11) is 1.76. The highest BCUT2D eigenvalue weighted by molar-refractivity contribution is 9.10. The monoisotopic (exact) mass is 349 g/mol. The van der Waals surface area contributed by atoms with Crippen LogP contribution >= 0.6 is 15.9 Å². The predicted octanol–water partition coefficient (Wildman–Crippen LogP) is 4.73. The van der Waals surface area contributed by atoms with Gasteiger partial charge in [0, 0.05) is 11.5 Å². The van der Waals surface area contributed by atoms with Crippen molar-refractivity contribution in [3.63, 3.8) is 0 Å². The third-order valence-electron chi connectivity index (χ3n) is 3.61. The van der Waals surface area contributed by atoms with Gasteiger partial charge in [-0.25, -0.2) is 4.39 Å². The van der Waals surface area contributed by atoms with Crippen LogP contribution in [0.1, 0.15) is 34.5 Å². The van der Waals surface area contributed by atoms with Crippen LogP contribution in [-0.4, -0.2) is 17.9 Å². The Kier molecular flexibility index (Phi) is 4.78. The molecule has 0 aliphatic heterocycles. The lowest BCUT2D eigenvalue weighted by Gasteiger charge is -2.26. The Morgan fingerprint density at radius 3 is 2.43 bits per heavy atom. The summed E-state index contributed by atoms with van der Waals surface area (Å²) in [5.74, 6) is -0.344. The standard InChI is InChI=1S/C17H17BrFNO/c1-11-4-9-16(18)15(10-11)17(21)20(3)12(2)13-5-7-14(19)8-6-13/h4-10,12H,1-3H3. The zero-order valence-electron chi connectivity index (χ0n) is 12.2. The number of halogens is 2. The zero-order chi connectivity index (χ0) is 15.6. The van der Waals surface area contributed by atoms with Crippen LogP contribution in [0.25, 0.3) is 0 Å². The summed E-state index contributed by atoms with van der Waals surface area (Å²) in [4.78, 5) is 14.3. The fraction of sp³-hybridized carbons (Fsp3) is 0.235. The van der Waals surface area contributed by atoms with Crippen LogP contribution in [-0.2, 0) is 0 Å². The van der Waals surface area contributed by atoms with E-state index in [9.17, 15) is 9.18 Å². The van der Waals surface area contributed by atoms with Crippen LogP contribution in [0.2, 0.25) is 0 Å². The Balaban J connectivity index is 2.26. The van der Waals surface area contributed by atoms with E-state index in [1.165, 1.54) is 12.1 Å². The van der Waals surface area contributed by atoms with E-state index in [1.54, 1.807) is 24.1 Å². The first-order valence-corrected chi connectivity index (χ1v) is 7.48. The summed E-state index contributed by atoms with van der Waals surface area (Å²) in [5.41, 5.74) is 2.56. The summed E-state index contributed by atoms with van der Waals surface area (Å²) < 4.78 is 13.8. The first-order chi connectivity index (χ1) is 9.90. The van der Waals surface area contributed by atoms with Gasteiger partial charge >= 0.3 is 0 Å². The Hall–Kier alpha value is -1.68. The van der Waals surface area contributed by atoms with Crippen LogP contribution < -0.4 is 0 Å². The average Bonchev–Trinajstić information content (AvgIpc) is 2.48. The van der Waals surface area contributed by atoms with Gasteiger partial charge in [-0.2, -0.15) is 0 Å². The highest BCUT2D eigenvalue weighted by atomic mass is 79.9. The molecule has 0 bridgehead atoms. The predicted molar refractivity (Wildman–Crippen MR) is 85.8 cm³/mol. The Morgan fingerprint density at radius 2 is 1.81 bits per heavy atom. The zero-order valence-corrected chi connectivity index (χ0v) is 13.8. The van der Waals surface area contributed by atoms with Crippen LogP contribution in [0.4, 0.5) is 4.39 Å². The van der Waals surface area contributed by atoms with Gasteiger partial charge in [0.05, 0.1) is 11.6 Å². The molecule has 0 aliphatic carbocycles. The number of nitrogens with zero attached hydrogens (tertiary/aromatic N) is 1. The third kappa shape index (κ3) is 3.50. The molecule has 0 aromatic heterocycles. The number of carbonyl (C=O) groups excluding carboxylic acids is 1. The van der Waals surface area contributed by atoms with Crippen molar-refractivity contribution >= 4 is 21.8 Å². The summed E-state index contributed by atoms with van der Waals surface area (Å²) in [5, 5.41) is 0. The molecule has 0 saturated carbocycles. The van der Waals surface area contributed by atoms with E-state index in [-0.39, 0.29) is 17.8 Å². The number of amides is 1. The van der Waals surface area contributed by atoms with Crippen molar-refractivity contribution < 1.29 is 9.18 Å². The second-order valence-electron chi connectivity index (χ2n) is 5.13. The molecule has 4 heteroatoms. The third-order valence-corrected chi connectivity index (χ3v) is 4.30. The molecular weight excluding hydrogens is 333 g/mol. The molecule has 1 amide bonds. The second-order valence-corrected chi connectivity index (χ2v) is 5.98. The van der Waals surface area contributed by atoms with Gasteiger partial charge in [0.15, 0.2) is 0 Å². The van der Waals surface area contributed by atoms with Crippen molar-refractivity contribution in [1.82, 2.24) is 4.90 Å². The molecule has 0 heterocycles. The van der Waals surface area contributed by atoms with Gasteiger partial charge in [-0.1, -0.05) is 23.8 Å². The maximum atomic E-state index is 13.0. The van der Waals surface area contributed by atoms with Gasteiger partial charge in [0.2, 0.25) is 0 Å². The van der Waals surface area contributed by atoms with E-state index in [2.05, 4.69) is 15.9 Å². The summed E-state index contributed by atoms with van der Waals surface area (Å²) in [6.45, 7) is 3.88. The summed E-state index contributed by atoms with van der Waals surface area (Å²) >= 11 is 3.42. The normalized spacial score (nSPS) is 12.0. The van der Waals surface area contributed by atoms with E-state index >= 15 is 0 Å². The van der Waals surface area contributed by atoms with Crippen molar-refractivity contribution in [2.45, 2.75) is 19.9 Å². The molecule has 2 rings (SSSR count). The lowest BCUT2D eigenvalue weighted by Crippen LogP contribution is -2.30. The van der Waals surface area contributed by atoms with E-state index < -0.39 is 0 Å². The molecule has 0 aliphatic rings. The fourth-order valence-electron chi connectivity index (χ4n) is 2.13. The Labute approximate surface area is 132 Å². The van der Waals surface area contributed by atoms with E-state index in [4.69, 9.17) is 0 Å². The molecule has 0 radical (unpaired) electrons. The quantitative estimate of drug-likeness (QED) is 0.784. The van der Waals surface area contributed by atoms with Crippen LogP contribution in [0, 0.1) is 12.7 Å². The lowest BCUT2D eigenvalue weighted by atomic mass is 10.1. The van der Waals surface area contributed by atoms with Crippen molar-refractivity contribution in [3.05, 3.63) is 69.4 Å². The number of aryl methyl sites for hydroxylation is 1. The second kappa shape index (κ2) is 6.39. The maximum Gasteiger partial charge on any atom is 0.255 e. The van der Waals surface area contributed by atoms with Crippen molar-refractivity contribution in [1.29, 1.82) is 0 Å². The minimum atomic E-state index is -0.277. The SMILES string of the molecule is Cc1ccc(Br)c(C(=O)N(C)C(C)c2ccc(F)cc2)c1. The van der Waals surface area contributed by atoms with E-state index in [0.717, 1.165) is 15.6 Å². The molecule has 2 aromatic rings. The largest absolute Gasteiger partial charge is 0.335 e. The number of rotatable bonds is 3. The first kappa shape index (κ1) is 15.7. The highest BCUT2D eigenvalue weighted by Crippen LogP contribution is 2.25. The van der Waals surface area contributed by atoms with Gasteiger partial charge in [0.1, 0.15) is 5.82 Å². The van der Waals surface area contributed by atoms with Crippen molar-refractivity contribution in [2.24, 2.45) is 0 Å². The average molecular weight is 350 g/mol. The molecule has 0 fully saturated rings. The smallest absolute Gasteiger partial charge is 0.255 e. The molecular formula is C17H17BrFNO. The first-order valence-electron chi connectivity index (χ1n) is 6.69. The van der Waals surface area contributed by atoms with Gasteiger partial charge in [-0.15, -0.1) is 0 Å². The molecule has 0 N–H and O–H groups in total. The Bertz CT molecular complexity index is 654. The maximum absolute atomic E-state index is 13.0. The van der Waals surface area contributed by atoms with E-state index in [0.29, 0.717) is 5.56 Å². The number of carbonyl (C=O) groups is 1. The molecule has 0 saturated heterocycles. The molecule has 110 valence electrons. The molecule has 2 nitrogen and oxygen atoms in total. The van der Waals surface area contributed by atoms with Crippen LogP contribution in [0.15, 0.2) is 46.9 Å². The minimum Gasteiger partial charge on any atom is -0.335 e. The molecule has 21 heavy (non-hydrogen) atoms. The minimum absolute atomic E-state index is 0.0672. The van der Waals surface area contributed by atoms with E-state index in [1.807, 2.05) is 32.0 Å². The van der Waals surface area contributed by atoms with Gasteiger partial charge in [-0.3, -0.25) is 4.79 Å². The topological polar surface area (TPSA) is 20.3 Å². The highest BCUT2D eigenvalue weighted by Gasteiger charge is 2.20. The number of hydrogen-bond donors (Lipinski definition) is 0. The van der Waals surface area contributed by atoms with Crippen LogP contribution in [0.3, 0.4) is 0 Å². The number of hydrogen-bond acceptors (Lipinski definition) is 1. The fourth-order valence-corrected chi connectivity index (χ4v) is 2.55.